The number of nitrogens with one attached hydrogen (secondary N) is 2. The molecule has 0 aliphatic carbocycles. The number of carbonyl (C=O) groups is 2. The molecular formula is C22H26FN5O3S. The number of aromatic nitrogens is 3. The van der Waals surface area contributed by atoms with E-state index in [0.717, 1.165) is 11.3 Å². The molecule has 3 aromatic rings. The van der Waals surface area contributed by atoms with Crippen LogP contribution < -0.4 is 10.6 Å². The summed E-state index contributed by atoms with van der Waals surface area (Å²) in [4.78, 5) is 25.1. The Balaban J connectivity index is 1.88. The van der Waals surface area contributed by atoms with Gasteiger partial charge < -0.3 is 15.7 Å². The van der Waals surface area contributed by atoms with E-state index in [1.807, 2.05) is 26.2 Å². The molecule has 170 valence electrons. The van der Waals surface area contributed by atoms with Crippen LogP contribution in [0.15, 0.2) is 41.9 Å². The van der Waals surface area contributed by atoms with E-state index in [4.69, 9.17) is 0 Å². The molecule has 0 aliphatic rings. The van der Waals surface area contributed by atoms with Gasteiger partial charge in [0.15, 0.2) is 0 Å². The van der Waals surface area contributed by atoms with Crippen molar-refractivity contribution in [2.24, 2.45) is 12.5 Å². The monoisotopic (exact) mass is 459 g/mol. The van der Waals surface area contributed by atoms with Gasteiger partial charge >= 0.3 is 6.09 Å². The number of nitrogens with zero attached hydrogens (tertiary/aromatic N) is 3. The van der Waals surface area contributed by atoms with Gasteiger partial charge in [0.25, 0.3) is 5.91 Å². The highest BCUT2D eigenvalue weighted by atomic mass is 32.1. The topological polar surface area (TPSA) is 109 Å². The molecule has 0 aliphatic heterocycles. The molecule has 0 saturated carbocycles. The molecule has 2 atom stereocenters. The van der Waals surface area contributed by atoms with Crippen molar-refractivity contribution in [2.75, 3.05) is 0 Å². The molecule has 1 unspecified atom stereocenters. The lowest BCUT2D eigenvalue weighted by atomic mass is 9.80. The maximum absolute atomic E-state index is 13.8. The van der Waals surface area contributed by atoms with E-state index >= 15 is 0 Å². The van der Waals surface area contributed by atoms with Crippen LogP contribution in [0.3, 0.4) is 0 Å². The van der Waals surface area contributed by atoms with E-state index in [-0.39, 0.29) is 12.3 Å². The van der Waals surface area contributed by atoms with Gasteiger partial charge in [-0.1, -0.05) is 38.1 Å². The molecule has 0 bridgehead atoms. The zero-order valence-corrected chi connectivity index (χ0v) is 19.1. The predicted molar refractivity (Wildman–Crippen MR) is 120 cm³/mol. The SMILES string of the molecule is Cn1nncc1-c1csc(C(=O)N[C@@H](Cc2cccc(F)c2)C(NC(=O)O)C(C)(C)C)c1. The Morgan fingerprint density at radius 2 is 2.00 bits per heavy atom. The predicted octanol–water partition coefficient (Wildman–Crippen LogP) is 3.71. The van der Waals surface area contributed by atoms with Crippen LogP contribution in [0.25, 0.3) is 11.3 Å². The number of amides is 2. The number of carbonyl (C=O) groups excluding carboxylic acids is 1. The average molecular weight is 460 g/mol. The number of halogens is 1. The van der Waals surface area contributed by atoms with E-state index in [0.29, 0.717) is 10.4 Å². The van der Waals surface area contributed by atoms with Crippen molar-refractivity contribution in [1.29, 1.82) is 0 Å². The standard InChI is InChI=1S/C22H26FN5O3S/c1-22(2,3)19(26-21(30)31)16(9-13-6-5-7-15(23)8-13)25-20(29)18-10-14(12-32-18)17-11-24-27-28(17)4/h5-8,10-12,16,19,26H,9H2,1-4H3,(H,25,29)(H,30,31)/t16-,19?/m0/s1. The zero-order chi connectivity index (χ0) is 23.5. The third-order valence-electron chi connectivity index (χ3n) is 5.11. The lowest BCUT2D eigenvalue weighted by Gasteiger charge is -2.37. The van der Waals surface area contributed by atoms with Gasteiger partial charge in [0.1, 0.15) is 5.82 Å². The Labute approximate surface area is 189 Å². The number of hydrogen-bond acceptors (Lipinski definition) is 5. The van der Waals surface area contributed by atoms with E-state index < -0.39 is 29.4 Å². The van der Waals surface area contributed by atoms with Crippen LogP contribution in [0.2, 0.25) is 0 Å². The minimum atomic E-state index is -1.19. The fraction of sp³-hybridized carbons (Fsp3) is 0.364. The van der Waals surface area contributed by atoms with Crippen molar-refractivity contribution >= 4 is 23.3 Å². The summed E-state index contributed by atoms with van der Waals surface area (Å²) in [6, 6.07) is 6.59. The molecule has 0 fully saturated rings. The number of thiophene rings is 1. The quantitative estimate of drug-likeness (QED) is 0.499. The van der Waals surface area contributed by atoms with Crippen molar-refractivity contribution in [3.8, 4) is 11.3 Å². The summed E-state index contributed by atoms with van der Waals surface area (Å²) in [5.74, 6) is -0.724. The molecule has 0 radical (unpaired) electrons. The normalized spacial score (nSPS) is 13.4. The molecule has 8 nitrogen and oxygen atoms in total. The van der Waals surface area contributed by atoms with Crippen molar-refractivity contribution in [2.45, 2.75) is 39.3 Å². The molecule has 0 spiro atoms. The summed E-state index contributed by atoms with van der Waals surface area (Å²) >= 11 is 1.27. The van der Waals surface area contributed by atoms with Crippen LogP contribution in [0.4, 0.5) is 9.18 Å². The first kappa shape index (κ1) is 23.4. The van der Waals surface area contributed by atoms with Crippen LogP contribution in [-0.4, -0.2) is 44.2 Å². The van der Waals surface area contributed by atoms with E-state index in [1.54, 1.807) is 36.1 Å². The fourth-order valence-corrected chi connectivity index (χ4v) is 4.41. The molecule has 3 N–H and O–H groups in total. The van der Waals surface area contributed by atoms with Crippen LogP contribution in [-0.2, 0) is 13.5 Å². The Kier molecular flexibility index (Phi) is 6.93. The molecule has 10 heteroatoms. The van der Waals surface area contributed by atoms with Gasteiger partial charge in [-0.2, -0.15) is 0 Å². The molecule has 1 aromatic carbocycles. The van der Waals surface area contributed by atoms with E-state index in [2.05, 4.69) is 20.9 Å². The zero-order valence-electron chi connectivity index (χ0n) is 18.3. The summed E-state index contributed by atoms with van der Waals surface area (Å²) in [5.41, 5.74) is 1.73. The van der Waals surface area contributed by atoms with Crippen LogP contribution >= 0.6 is 11.3 Å². The molecular weight excluding hydrogens is 433 g/mol. The van der Waals surface area contributed by atoms with E-state index in [1.165, 1.54) is 23.5 Å². The molecule has 3 rings (SSSR count). The second-order valence-corrected chi connectivity index (χ2v) is 9.56. The first-order valence-electron chi connectivity index (χ1n) is 10.0. The minimum absolute atomic E-state index is 0.260. The molecule has 0 saturated heterocycles. The fourth-order valence-electron chi connectivity index (χ4n) is 3.60. The van der Waals surface area contributed by atoms with Gasteiger partial charge in [-0.3, -0.25) is 4.79 Å². The van der Waals surface area contributed by atoms with Gasteiger partial charge in [0.05, 0.1) is 28.9 Å². The highest BCUT2D eigenvalue weighted by Crippen LogP contribution is 2.27. The number of benzene rings is 1. The summed E-state index contributed by atoms with van der Waals surface area (Å²) in [6.45, 7) is 5.66. The molecule has 32 heavy (non-hydrogen) atoms. The van der Waals surface area contributed by atoms with Crippen molar-refractivity contribution in [1.82, 2.24) is 25.6 Å². The molecule has 2 aromatic heterocycles. The first-order chi connectivity index (χ1) is 15.0. The second kappa shape index (κ2) is 9.47. The number of rotatable bonds is 7. The molecule has 2 heterocycles. The minimum Gasteiger partial charge on any atom is -0.465 e. The van der Waals surface area contributed by atoms with Crippen LogP contribution in [0.5, 0.6) is 0 Å². The Hall–Kier alpha value is -3.27. The highest BCUT2D eigenvalue weighted by Gasteiger charge is 2.35. The maximum Gasteiger partial charge on any atom is 0.404 e. The maximum atomic E-state index is 13.8. The van der Waals surface area contributed by atoms with Gasteiger partial charge in [-0.25, -0.2) is 13.9 Å². The van der Waals surface area contributed by atoms with Gasteiger partial charge in [-0.15, -0.1) is 16.4 Å². The van der Waals surface area contributed by atoms with Crippen LogP contribution in [0, 0.1) is 11.2 Å². The smallest absolute Gasteiger partial charge is 0.404 e. The third kappa shape index (κ3) is 5.70. The second-order valence-electron chi connectivity index (χ2n) is 8.65. The number of hydrogen-bond donors (Lipinski definition) is 3. The number of aryl methyl sites for hydroxylation is 1. The summed E-state index contributed by atoms with van der Waals surface area (Å²) in [5, 5.41) is 24.5. The van der Waals surface area contributed by atoms with Crippen molar-refractivity contribution < 1.29 is 19.1 Å². The van der Waals surface area contributed by atoms with Gasteiger partial charge in [-0.05, 0) is 35.6 Å². The van der Waals surface area contributed by atoms with E-state index in [9.17, 15) is 19.1 Å². The van der Waals surface area contributed by atoms with Crippen molar-refractivity contribution in [3.63, 3.8) is 0 Å². The Bertz CT molecular complexity index is 1100. The third-order valence-corrected chi connectivity index (χ3v) is 6.04. The Morgan fingerprint density at radius 3 is 2.59 bits per heavy atom. The Morgan fingerprint density at radius 1 is 1.25 bits per heavy atom. The largest absolute Gasteiger partial charge is 0.465 e. The van der Waals surface area contributed by atoms with Crippen LogP contribution in [0.1, 0.15) is 36.0 Å². The number of carboxylic acid groups (broad SMARTS) is 1. The highest BCUT2D eigenvalue weighted by molar-refractivity contribution is 7.12. The summed E-state index contributed by atoms with van der Waals surface area (Å²) in [7, 11) is 1.76. The average Bonchev–Trinajstić information content (AvgIpc) is 3.33. The van der Waals surface area contributed by atoms with Gasteiger partial charge in [0, 0.05) is 18.0 Å². The summed E-state index contributed by atoms with van der Waals surface area (Å²) < 4.78 is 15.4. The summed E-state index contributed by atoms with van der Waals surface area (Å²) in [6.07, 6.45) is 0.684. The lowest BCUT2D eigenvalue weighted by molar-refractivity contribution is 0.0905. The van der Waals surface area contributed by atoms with Gasteiger partial charge in [0.2, 0.25) is 0 Å². The first-order valence-corrected chi connectivity index (χ1v) is 10.9. The lowest BCUT2D eigenvalue weighted by Crippen LogP contribution is -2.58. The molecule has 2 amide bonds. The van der Waals surface area contributed by atoms with Crippen molar-refractivity contribution in [3.05, 3.63) is 58.2 Å².